The molecular weight excluding hydrogens is 282 g/mol. The van der Waals surface area contributed by atoms with Crippen molar-refractivity contribution in [2.45, 2.75) is 20.0 Å². The summed E-state index contributed by atoms with van der Waals surface area (Å²) in [6.45, 7) is 6.40. The van der Waals surface area contributed by atoms with E-state index >= 15 is 0 Å². The van der Waals surface area contributed by atoms with Gasteiger partial charge in [0, 0.05) is 30.4 Å². The second kappa shape index (κ2) is 6.99. The molecule has 0 aliphatic rings. The predicted octanol–water partition coefficient (Wildman–Crippen LogP) is 2.98. The third kappa shape index (κ3) is 3.98. The molecule has 0 fully saturated rings. The predicted molar refractivity (Wildman–Crippen MR) is 74.5 cm³/mol. The van der Waals surface area contributed by atoms with Gasteiger partial charge in [-0.1, -0.05) is 22.0 Å². The number of anilines is 1. The van der Waals surface area contributed by atoms with Gasteiger partial charge in [0.05, 0.1) is 12.7 Å². The number of aliphatic hydroxyl groups excluding tert-OH is 1. The van der Waals surface area contributed by atoms with Crippen LogP contribution in [0.25, 0.3) is 0 Å². The average Bonchev–Trinajstić information content (AvgIpc) is 2.29. The Morgan fingerprint density at radius 1 is 1.47 bits per heavy atom. The van der Waals surface area contributed by atoms with E-state index in [4.69, 9.17) is 4.74 Å². The lowest BCUT2D eigenvalue weighted by Crippen LogP contribution is -2.26. The highest BCUT2D eigenvalue weighted by Gasteiger charge is 2.09. The quantitative estimate of drug-likeness (QED) is 0.877. The summed E-state index contributed by atoms with van der Waals surface area (Å²) < 4.78 is 6.04. The summed E-state index contributed by atoms with van der Waals surface area (Å²) in [7, 11) is 1.71. The zero-order valence-electron chi connectivity index (χ0n) is 10.6. The first kappa shape index (κ1) is 14.5. The van der Waals surface area contributed by atoms with E-state index in [1.54, 1.807) is 14.0 Å². The molecule has 4 heteroatoms. The molecule has 0 spiro atoms. The zero-order valence-corrected chi connectivity index (χ0v) is 12.2. The summed E-state index contributed by atoms with van der Waals surface area (Å²) in [5, 5.41) is 9.57. The number of likely N-dealkylation sites (N-methyl/N-ethyl adjacent to an activating group) is 1. The molecule has 0 saturated carbocycles. The maximum absolute atomic E-state index is 9.57. The van der Waals surface area contributed by atoms with Gasteiger partial charge in [-0.3, -0.25) is 0 Å². The standard InChI is InChI=1S/C13H20BrNO2/c1-4-15(7-8-17-3)11-5-6-12(10(2)16)13(14)9-11/h5-6,9-10,16H,4,7-8H2,1-3H3. The minimum atomic E-state index is -0.451. The van der Waals surface area contributed by atoms with Crippen molar-refractivity contribution >= 4 is 21.6 Å². The van der Waals surface area contributed by atoms with Crippen LogP contribution in [-0.2, 0) is 4.74 Å². The van der Waals surface area contributed by atoms with Gasteiger partial charge in [0.15, 0.2) is 0 Å². The van der Waals surface area contributed by atoms with E-state index in [2.05, 4.69) is 27.8 Å². The molecule has 3 nitrogen and oxygen atoms in total. The summed E-state index contributed by atoms with van der Waals surface area (Å²) in [5.41, 5.74) is 2.05. The molecule has 0 heterocycles. The number of aliphatic hydroxyl groups is 1. The Morgan fingerprint density at radius 3 is 2.65 bits per heavy atom. The number of nitrogens with zero attached hydrogens (tertiary/aromatic N) is 1. The van der Waals surface area contributed by atoms with Crippen molar-refractivity contribution in [2.75, 3.05) is 31.7 Å². The van der Waals surface area contributed by atoms with Gasteiger partial charge in [-0.2, -0.15) is 0 Å². The van der Waals surface area contributed by atoms with Crippen molar-refractivity contribution in [3.63, 3.8) is 0 Å². The second-order valence-electron chi connectivity index (χ2n) is 3.95. The first-order valence-corrected chi connectivity index (χ1v) is 6.60. The van der Waals surface area contributed by atoms with Crippen LogP contribution in [-0.4, -0.2) is 31.9 Å². The molecule has 96 valence electrons. The molecule has 0 radical (unpaired) electrons. The Kier molecular flexibility index (Phi) is 5.95. The lowest BCUT2D eigenvalue weighted by molar-refractivity contribution is 0.198. The second-order valence-corrected chi connectivity index (χ2v) is 4.81. The van der Waals surface area contributed by atoms with Crippen molar-refractivity contribution in [2.24, 2.45) is 0 Å². The van der Waals surface area contributed by atoms with Crippen LogP contribution in [0.2, 0.25) is 0 Å². The summed E-state index contributed by atoms with van der Waals surface area (Å²) in [6.07, 6.45) is -0.451. The molecule has 0 aliphatic carbocycles. The van der Waals surface area contributed by atoms with E-state index < -0.39 is 6.10 Å². The van der Waals surface area contributed by atoms with Crippen molar-refractivity contribution in [1.82, 2.24) is 0 Å². The Balaban J connectivity index is 2.86. The van der Waals surface area contributed by atoms with Crippen LogP contribution in [0.15, 0.2) is 22.7 Å². The molecule has 1 aromatic carbocycles. The van der Waals surface area contributed by atoms with E-state index in [1.807, 2.05) is 18.2 Å². The third-order valence-corrected chi connectivity index (χ3v) is 3.43. The fraction of sp³-hybridized carbons (Fsp3) is 0.538. The number of benzene rings is 1. The number of hydrogen-bond acceptors (Lipinski definition) is 3. The normalized spacial score (nSPS) is 12.5. The van der Waals surface area contributed by atoms with E-state index in [9.17, 15) is 5.11 Å². The minimum absolute atomic E-state index is 0.451. The maximum atomic E-state index is 9.57. The van der Waals surface area contributed by atoms with Gasteiger partial charge in [-0.25, -0.2) is 0 Å². The molecule has 0 amide bonds. The third-order valence-electron chi connectivity index (χ3n) is 2.75. The fourth-order valence-electron chi connectivity index (χ4n) is 1.72. The van der Waals surface area contributed by atoms with Crippen LogP contribution < -0.4 is 4.90 Å². The fourth-order valence-corrected chi connectivity index (χ4v) is 2.42. The summed E-state index contributed by atoms with van der Waals surface area (Å²) in [5.74, 6) is 0. The van der Waals surface area contributed by atoms with Gasteiger partial charge in [0.2, 0.25) is 0 Å². The lowest BCUT2D eigenvalue weighted by Gasteiger charge is -2.23. The first-order chi connectivity index (χ1) is 8.10. The molecule has 1 rings (SSSR count). The highest BCUT2D eigenvalue weighted by Crippen LogP contribution is 2.28. The molecule has 0 bridgehead atoms. The van der Waals surface area contributed by atoms with E-state index in [0.717, 1.165) is 28.8 Å². The monoisotopic (exact) mass is 301 g/mol. The smallest absolute Gasteiger partial charge is 0.0772 e. The summed E-state index contributed by atoms with van der Waals surface area (Å²) >= 11 is 3.50. The van der Waals surface area contributed by atoms with Gasteiger partial charge in [-0.05, 0) is 31.5 Å². The summed E-state index contributed by atoms with van der Waals surface area (Å²) in [6, 6.07) is 6.03. The maximum Gasteiger partial charge on any atom is 0.0772 e. The summed E-state index contributed by atoms with van der Waals surface area (Å²) in [4.78, 5) is 2.24. The largest absolute Gasteiger partial charge is 0.389 e. The molecule has 1 unspecified atom stereocenters. The minimum Gasteiger partial charge on any atom is -0.389 e. The van der Waals surface area contributed by atoms with Gasteiger partial charge >= 0.3 is 0 Å². The number of rotatable bonds is 6. The van der Waals surface area contributed by atoms with Gasteiger partial charge in [0.25, 0.3) is 0 Å². The van der Waals surface area contributed by atoms with E-state index in [0.29, 0.717) is 6.61 Å². The number of halogens is 1. The Bertz CT molecular complexity index is 355. The average molecular weight is 302 g/mol. The lowest BCUT2D eigenvalue weighted by atomic mass is 10.1. The topological polar surface area (TPSA) is 32.7 Å². The highest BCUT2D eigenvalue weighted by atomic mass is 79.9. The number of methoxy groups -OCH3 is 1. The zero-order chi connectivity index (χ0) is 12.8. The van der Waals surface area contributed by atoms with Crippen LogP contribution in [0.3, 0.4) is 0 Å². The van der Waals surface area contributed by atoms with Crippen LogP contribution >= 0.6 is 15.9 Å². The molecule has 17 heavy (non-hydrogen) atoms. The molecule has 0 aromatic heterocycles. The van der Waals surface area contributed by atoms with Crippen LogP contribution in [0.1, 0.15) is 25.5 Å². The molecule has 1 N–H and O–H groups in total. The van der Waals surface area contributed by atoms with E-state index in [1.165, 1.54) is 0 Å². The first-order valence-electron chi connectivity index (χ1n) is 5.81. The van der Waals surface area contributed by atoms with Crippen molar-refractivity contribution in [3.05, 3.63) is 28.2 Å². The van der Waals surface area contributed by atoms with Crippen LogP contribution in [0.5, 0.6) is 0 Å². The Hall–Kier alpha value is -0.580. The molecule has 0 aliphatic heterocycles. The molecule has 0 saturated heterocycles. The Morgan fingerprint density at radius 2 is 2.18 bits per heavy atom. The number of hydrogen-bond donors (Lipinski definition) is 1. The van der Waals surface area contributed by atoms with Crippen molar-refractivity contribution in [3.8, 4) is 0 Å². The van der Waals surface area contributed by atoms with Gasteiger partial charge in [0.1, 0.15) is 0 Å². The SMILES string of the molecule is CCN(CCOC)c1ccc(C(C)O)c(Br)c1. The van der Waals surface area contributed by atoms with E-state index in [-0.39, 0.29) is 0 Å². The molecule has 1 aromatic rings. The highest BCUT2D eigenvalue weighted by molar-refractivity contribution is 9.10. The number of ether oxygens (including phenoxy) is 1. The van der Waals surface area contributed by atoms with Crippen LogP contribution in [0, 0.1) is 0 Å². The molecular formula is C13H20BrNO2. The van der Waals surface area contributed by atoms with Crippen molar-refractivity contribution in [1.29, 1.82) is 0 Å². The van der Waals surface area contributed by atoms with Gasteiger partial charge < -0.3 is 14.7 Å². The van der Waals surface area contributed by atoms with Crippen molar-refractivity contribution < 1.29 is 9.84 Å². The molecule has 1 atom stereocenters. The Labute approximate surface area is 112 Å². The van der Waals surface area contributed by atoms with Gasteiger partial charge in [-0.15, -0.1) is 0 Å². The van der Waals surface area contributed by atoms with Crippen LogP contribution in [0.4, 0.5) is 5.69 Å².